The number of likely N-dealkylation sites (tertiary alicyclic amines) is 1. The Kier molecular flexibility index (Phi) is 5.07. The van der Waals surface area contributed by atoms with E-state index >= 15 is 0 Å². The van der Waals surface area contributed by atoms with Crippen molar-refractivity contribution in [3.63, 3.8) is 0 Å². The van der Waals surface area contributed by atoms with E-state index < -0.39 is 0 Å². The van der Waals surface area contributed by atoms with Gasteiger partial charge in [0.1, 0.15) is 5.76 Å². The lowest BCUT2D eigenvalue weighted by Gasteiger charge is -2.31. The summed E-state index contributed by atoms with van der Waals surface area (Å²) in [6.45, 7) is 3.70. The smallest absolute Gasteiger partial charge is 0.213 e. The number of ether oxygens (including phenoxy) is 2. The molecule has 3 heterocycles. The summed E-state index contributed by atoms with van der Waals surface area (Å²) in [6, 6.07) is 13.9. The van der Waals surface area contributed by atoms with Crippen molar-refractivity contribution in [2.24, 2.45) is 5.92 Å². The van der Waals surface area contributed by atoms with Crippen molar-refractivity contribution >= 4 is 11.0 Å². The summed E-state index contributed by atoms with van der Waals surface area (Å²) in [5.74, 6) is 3.09. The quantitative estimate of drug-likeness (QED) is 0.668. The van der Waals surface area contributed by atoms with Gasteiger partial charge >= 0.3 is 0 Å². The van der Waals surface area contributed by atoms with Crippen LogP contribution in [0.4, 0.5) is 0 Å². The van der Waals surface area contributed by atoms with Gasteiger partial charge in [-0.15, -0.1) is 0 Å². The summed E-state index contributed by atoms with van der Waals surface area (Å²) in [4.78, 5) is 6.66. The second-order valence-corrected chi connectivity index (χ2v) is 6.79. The second-order valence-electron chi connectivity index (χ2n) is 6.79. The summed E-state index contributed by atoms with van der Waals surface area (Å²) in [5, 5.41) is 1.10. The molecule has 3 aromatic rings. The number of hydrogen-bond donors (Lipinski definition) is 0. The molecule has 5 heteroatoms. The van der Waals surface area contributed by atoms with Crippen molar-refractivity contribution in [3.8, 4) is 11.6 Å². The van der Waals surface area contributed by atoms with E-state index in [1.54, 1.807) is 13.3 Å². The zero-order chi connectivity index (χ0) is 17.8. The van der Waals surface area contributed by atoms with Gasteiger partial charge in [-0.25, -0.2) is 4.98 Å². The second kappa shape index (κ2) is 7.79. The molecule has 136 valence electrons. The van der Waals surface area contributed by atoms with Crippen LogP contribution in [0.5, 0.6) is 11.6 Å². The number of para-hydroxylation sites is 1. The highest BCUT2D eigenvalue weighted by molar-refractivity contribution is 5.83. The molecule has 4 rings (SSSR count). The van der Waals surface area contributed by atoms with E-state index in [2.05, 4.69) is 22.0 Å². The Bertz CT molecular complexity index is 839. The largest absolute Gasteiger partial charge is 0.493 e. The molecule has 0 aliphatic carbocycles. The van der Waals surface area contributed by atoms with Crippen molar-refractivity contribution in [2.45, 2.75) is 19.4 Å². The zero-order valence-electron chi connectivity index (χ0n) is 15.1. The van der Waals surface area contributed by atoms with E-state index in [4.69, 9.17) is 13.9 Å². The van der Waals surface area contributed by atoms with E-state index in [1.807, 2.05) is 30.3 Å². The molecule has 0 radical (unpaired) electrons. The van der Waals surface area contributed by atoms with Crippen LogP contribution in [0.3, 0.4) is 0 Å². The Hall–Kier alpha value is -2.53. The van der Waals surface area contributed by atoms with Crippen LogP contribution in [0.25, 0.3) is 11.0 Å². The number of benzene rings is 1. The monoisotopic (exact) mass is 352 g/mol. The third-order valence-electron chi connectivity index (χ3n) is 4.97. The lowest BCUT2D eigenvalue weighted by Crippen LogP contribution is -2.35. The standard InChI is InChI=1S/C21H24N2O3/c1-24-19-6-4-5-17-13-18(26-21(17)19)14-23-11-8-16(9-12-23)15-25-20-7-2-3-10-22-20/h2-7,10,13,16H,8-9,11-12,14-15H2,1H3. The summed E-state index contributed by atoms with van der Waals surface area (Å²) < 4.78 is 17.2. The fraction of sp³-hybridized carbons (Fsp3) is 0.381. The molecule has 0 spiro atoms. The number of hydrogen-bond acceptors (Lipinski definition) is 5. The van der Waals surface area contributed by atoms with Gasteiger partial charge in [0.05, 0.1) is 20.3 Å². The molecular formula is C21H24N2O3. The molecular weight excluding hydrogens is 328 g/mol. The highest BCUT2D eigenvalue weighted by Crippen LogP contribution is 2.29. The predicted molar refractivity (Wildman–Crippen MR) is 100 cm³/mol. The van der Waals surface area contributed by atoms with Crippen LogP contribution in [-0.2, 0) is 6.54 Å². The molecule has 0 amide bonds. The first kappa shape index (κ1) is 16.9. The Morgan fingerprint density at radius 3 is 2.81 bits per heavy atom. The van der Waals surface area contributed by atoms with Gasteiger partial charge in [-0.05, 0) is 50.0 Å². The molecule has 0 N–H and O–H groups in total. The third kappa shape index (κ3) is 3.83. The van der Waals surface area contributed by atoms with Crippen LogP contribution in [0.2, 0.25) is 0 Å². The Morgan fingerprint density at radius 2 is 2.04 bits per heavy atom. The lowest BCUT2D eigenvalue weighted by molar-refractivity contribution is 0.129. The highest BCUT2D eigenvalue weighted by Gasteiger charge is 2.21. The van der Waals surface area contributed by atoms with Crippen molar-refractivity contribution in [1.29, 1.82) is 0 Å². The normalized spacial score (nSPS) is 16.0. The number of furan rings is 1. The average Bonchev–Trinajstić information content (AvgIpc) is 3.10. The first-order valence-electron chi connectivity index (χ1n) is 9.13. The maximum atomic E-state index is 6.03. The third-order valence-corrected chi connectivity index (χ3v) is 4.97. The van der Waals surface area contributed by atoms with E-state index in [1.165, 1.54) is 0 Å². The molecule has 5 nitrogen and oxygen atoms in total. The van der Waals surface area contributed by atoms with E-state index in [9.17, 15) is 0 Å². The fourth-order valence-corrected chi connectivity index (χ4v) is 3.50. The molecule has 2 aromatic heterocycles. The molecule has 1 fully saturated rings. The number of rotatable bonds is 6. The van der Waals surface area contributed by atoms with E-state index in [0.717, 1.165) is 61.6 Å². The molecule has 26 heavy (non-hydrogen) atoms. The average molecular weight is 352 g/mol. The van der Waals surface area contributed by atoms with Gasteiger partial charge in [-0.3, -0.25) is 4.90 Å². The van der Waals surface area contributed by atoms with Crippen LogP contribution in [-0.4, -0.2) is 36.7 Å². The summed E-state index contributed by atoms with van der Waals surface area (Å²) >= 11 is 0. The number of aromatic nitrogens is 1. The molecule has 0 unspecified atom stereocenters. The maximum absolute atomic E-state index is 6.03. The van der Waals surface area contributed by atoms with Gasteiger partial charge < -0.3 is 13.9 Å². The number of fused-ring (bicyclic) bond motifs is 1. The number of nitrogens with zero attached hydrogens (tertiary/aromatic N) is 2. The summed E-state index contributed by atoms with van der Waals surface area (Å²) in [6.07, 6.45) is 4.03. The van der Waals surface area contributed by atoms with Crippen molar-refractivity contribution in [2.75, 3.05) is 26.8 Å². The van der Waals surface area contributed by atoms with Gasteiger partial charge in [-0.2, -0.15) is 0 Å². The zero-order valence-corrected chi connectivity index (χ0v) is 15.1. The minimum Gasteiger partial charge on any atom is -0.493 e. The van der Waals surface area contributed by atoms with Gasteiger partial charge in [0, 0.05) is 17.6 Å². The van der Waals surface area contributed by atoms with E-state index in [0.29, 0.717) is 11.8 Å². The van der Waals surface area contributed by atoms with Crippen LogP contribution in [0.15, 0.2) is 53.1 Å². The molecule has 1 aromatic carbocycles. The van der Waals surface area contributed by atoms with Gasteiger partial charge in [0.2, 0.25) is 5.88 Å². The number of piperidine rings is 1. The Morgan fingerprint density at radius 1 is 1.15 bits per heavy atom. The van der Waals surface area contributed by atoms with Crippen LogP contribution < -0.4 is 9.47 Å². The fourth-order valence-electron chi connectivity index (χ4n) is 3.50. The van der Waals surface area contributed by atoms with Crippen molar-refractivity contribution in [1.82, 2.24) is 9.88 Å². The molecule has 0 saturated carbocycles. The van der Waals surface area contributed by atoms with Crippen molar-refractivity contribution < 1.29 is 13.9 Å². The first-order chi connectivity index (χ1) is 12.8. The summed E-state index contributed by atoms with van der Waals surface area (Å²) in [7, 11) is 1.68. The number of methoxy groups -OCH3 is 1. The van der Waals surface area contributed by atoms with Crippen LogP contribution in [0.1, 0.15) is 18.6 Å². The topological polar surface area (TPSA) is 47.7 Å². The molecule has 0 atom stereocenters. The first-order valence-corrected chi connectivity index (χ1v) is 9.13. The minimum atomic E-state index is 0.587. The number of pyridine rings is 1. The maximum Gasteiger partial charge on any atom is 0.213 e. The Labute approximate surface area is 153 Å². The molecule has 0 bridgehead atoms. The predicted octanol–water partition coefficient (Wildman–Crippen LogP) is 4.13. The highest BCUT2D eigenvalue weighted by atomic mass is 16.5. The van der Waals surface area contributed by atoms with Crippen LogP contribution >= 0.6 is 0 Å². The van der Waals surface area contributed by atoms with E-state index in [-0.39, 0.29) is 0 Å². The molecule has 1 aliphatic heterocycles. The SMILES string of the molecule is COc1cccc2cc(CN3CCC(COc4ccccn4)CC3)oc12. The Balaban J connectivity index is 1.30. The minimum absolute atomic E-state index is 0.587. The summed E-state index contributed by atoms with van der Waals surface area (Å²) in [5.41, 5.74) is 0.837. The van der Waals surface area contributed by atoms with Crippen LogP contribution in [0, 0.1) is 5.92 Å². The van der Waals surface area contributed by atoms with Gasteiger partial charge in [0.25, 0.3) is 0 Å². The van der Waals surface area contributed by atoms with Gasteiger partial charge in [0.15, 0.2) is 11.3 Å². The van der Waals surface area contributed by atoms with Gasteiger partial charge in [-0.1, -0.05) is 18.2 Å². The lowest BCUT2D eigenvalue weighted by atomic mass is 9.98. The van der Waals surface area contributed by atoms with Crippen molar-refractivity contribution in [3.05, 3.63) is 54.4 Å². The molecule has 1 saturated heterocycles. The molecule has 1 aliphatic rings.